The van der Waals surface area contributed by atoms with Gasteiger partial charge in [0.05, 0.1) is 13.2 Å². The molecule has 1 atom stereocenters. The van der Waals surface area contributed by atoms with Crippen molar-refractivity contribution in [2.75, 3.05) is 20.3 Å². The smallest absolute Gasteiger partial charge is 0.118 e. The van der Waals surface area contributed by atoms with Gasteiger partial charge in [-0.1, -0.05) is 25.0 Å². The molecule has 1 N–H and O–H groups in total. The molecule has 3 heteroatoms. The molecular formula is C17H25NO2. The molecule has 20 heavy (non-hydrogen) atoms. The summed E-state index contributed by atoms with van der Waals surface area (Å²) in [4.78, 5) is 0. The number of nitrogens with one attached hydrogen (secondary N) is 1. The Kier molecular flexibility index (Phi) is 4.58. The van der Waals surface area contributed by atoms with E-state index in [4.69, 9.17) is 9.47 Å². The van der Waals surface area contributed by atoms with Gasteiger partial charge in [0.2, 0.25) is 0 Å². The minimum absolute atomic E-state index is 0.167. The summed E-state index contributed by atoms with van der Waals surface area (Å²) in [6.45, 7) is 1.80. The van der Waals surface area contributed by atoms with E-state index in [1.807, 2.05) is 12.1 Å². The number of rotatable bonds is 9. The Labute approximate surface area is 121 Å². The van der Waals surface area contributed by atoms with Crippen LogP contribution in [-0.4, -0.2) is 26.3 Å². The molecular weight excluding hydrogens is 250 g/mol. The Morgan fingerprint density at radius 3 is 2.50 bits per heavy atom. The molecule has 2 aliphatic carbocycles. The fourth-order valence-corrected chi connectivity index (χ4v) is 2.44. The average Bonchev–Trinajstić information content (AvgIpc) is 3.37. The van der Waals surface area contributed by atoms with E-state index in [1.54, 1.807) is 7.11 Å². The zero-order chi connectivity index (χ0) is 13.8. The van der Waals surface area contributed by atoms with E-state index in [-0.39, 0.29) is 6.10 Å². The number of benzene rings is 1. The summed E-state index contributed by atoms with van der Waals surface area (Å²) in [5.41, 5.74) is 1.25. The highest BCUT2D eigenvalue weighted by molar-refractivity contribution is 5.28. The molecule has 2 saturated carbocycles. The lowest BCUT2D eigenvalue weighted by Crippen LogP contribution is -2.25. The summed E-state index contributed by atoms with van der Waals surface area (Å²) >= 11 is 0. The number of hydrogen-bond acceptors (Lipinski definition) is 3. The van der Waals surface area contributed by atoms with E-state index in [0.29, 0.717) is 0 Å². The second-order valence-electron chi connectivity index (χ2n) is 6.05. The zero-order valence-corrected chi connectivity index (χ0v) is 12.3. The monoisotopic (exact) mass is 275 g/mol. The van der Waals surface area contributed by atoms with Gasteiger partial charge < -0.3 is 14.8 Å². The molecule has 0 aromatic heterocycles. The predicted octanol–water partition coefficient (Wildman–Crippen LogP) is 3.31. The van der Waals surface area contributed by atoms with Crippen molar-refractivity contribution in [1.82, 2.24) is 5.32 Å². The largest absolute Gasteiger partial charge is 0.497 e. The Morgan fingerprint density at radius 2 is 1.90 bits per heavy atom. The topological polar surface area (TPSA) is 30.5 Å². The van der Waals surface area contributed by atoms with Gasteiger partial charge in [-0.15, -0.1) is 0 Å². The van der Waals surface area contributed by atoms with Gasteiger partial charge in [0, 0.05) is 19.2 Å². The lowest BCUT2D eigenvalue weighted by molar-refractivity contribution is 0.0483. The van der Waals surface area contributed by atoms with Crippen LogP contribution in [0.2, 0.25) is 0 Å². The molecule has 1 unspecified atom stereocenters. The van der Waals surface area contributed by atoms with Gasteiger partial charge in [-0.2, -0.15) is 0 Å². The van der Waals surface area contributed by atoms with Gasteiger partial charge in [0.1, 0.15) is 5.75 Å². The highest BCUT2D eigenvalue weighted by Gasteiger charge is 2.24. The Hall–Kier alpha value is -1.06. The van der Waals surface area contributed by atoms with Crippen molar-refractivity contribution in [2.45, 2.75) is 44.2 Å². The van der Waals surface area contributed by atoms with Crippen LogP contribution in [0.25, 0.3) is 0 Å². The average molecular weight is 275 g/mol. The molecule has 1 aromatic rings. The summed E-state index contributed by atoms with van der Waals surface area (Å²) in [5.74, 6) is 1.84. The Bertz CT molecular complexity index is 410. The first-order valence-corrected chi connectivity index (χ1v) is 7.84. The van der Waals surface area contributed by atoms with E-state index in [0.717, 1.165) is 30.9 Å². The number of ether oxygens (including phenoxy) is 2. The third kappa shape index (κ3) is 4.22. The minimum atomic E-state index is 0.167. The van der Waals surface area contributed by atoms with Crippen LogP contribution in [0.5, 0.6) is 5.75 Å². The second kappa shape index (κ2) is 6.59. The van der Waals surface area contributed by atoms with Gasteiger partial charge >= 0.3 is 0 Å². The van der Waals surface area contributed by atoms with Gasteiger partial charge in [-0.25, -0.2) is 0 Å². The standard InChI is InChI=1S/C17H25NO2/c1-19-16-8-4-14(5-9-16)17(12-18-15-6-7-15)20-11-10-13-2-3-13/h4-5,8-9,13,15,17-18H,2-3,6-7,10-12H2,1H3. The van der Waals surface area contributed by atoms with Crippen LogP contribution in [-0.2, 0) is 4.74 Å². The van der Waals surface area contributed by atoms with Crippen LogP contribution in [0.4, 0.5) is 0 Å². The summed E-state index contributed by atoms with van der Waals surface area (Å²) in [5, 5.41) is 3.58. The molecule has 2 aliphatic rings. The summed E-state index contributed by atoms with van der Waals surface area (Å²) in [7, 11) is 1.70. The van der Waals surface area contributed by atoms with E-state index in [2.05, 4.69) is 17.4 Å². The SMILES string of the molecule is COc1ccc(C(CNC2CC2)OCCC2CC2)cc1. The van der Waals surface area contributed by atoms with Crippen molar-refractivity contribution in [3.05, 3.63) is 29.8 Å². The second-order valence-corrected chi connectivity index (χ2v) is 6.05. The van der Waals surface area contributed by atoms with Crippen molar-refractivity contribution in [3.8, 4) is 5.75 Å². The molecule has 0 bridgehead atoms. The van der Waals surface area contributed by atoms with Crippen molar-refractivity contribution < 1.29 is 9.47 Å². The van der Waals surface area contributed by atoms with Crippen LogP contribution in [0.15, 0.2) is 24.3 Å². The first kappa shape index (κ1) is 13.9. The van der Waals surface area contributed by atoms with Gasteiger partial charge in [0.15, 0.2) is 0 Å². The lowest BCUT2D eigenvalue weighted by atomic mass is 10.1. The quantitative estimate of drug-likeness (QED) is 0.750. The zero-order valence-electron chi connectivity index (χ0n) is 12.3. The maximum absolute atomic E-state index is 6.13. The van der Waals surface area contributed by atoms with E-state index < -0.39 is 0 Å². The van der Waals surface area contributed by atoms with E-state index in [9.17, 15) is 0 Å². The molecule has 0 amide bonds. The van der Waals surface area contributed by atoms with Crippen LogP contribution < -0.4 is 10.1 Å². The lowest BCUT2D eigenvalue weighted by Gasteiger charge is -2.19. The van der Waals surface area contributed by atoms with Crippen LogP contribution >= 0.6 is 0 Å². The van der Waals surface area contributed by atoms with E-state index in [1.165, 1.54) is 37.7 Å². The molecule has 110 valence electrons. The number of hydrogen-bond donors (Lipinski definition) is 1. The third-order valence-electron chi connectivity index (χ3n) is 4.20. The van der Waals surface area contributed by atoms with Gasteiger partial charge in [-0.05, 0) is 42.9 Å². The molecule has 3 rings (SSSR count). The molecule has 0 saturated heterocycles. The van der Waals surface area contributed by atoms with Crippen molar-refractivity contribution in [2.24, 2.45) is 5.92 Å². The Balaban J connectivity index is 1.55. The summed E-state index contributed by atoms with van der Waals surface area (Å²) < 4.78 is 11.3. The summed E-state index contributed by atoms with van der Waals surface area (Å²) in [6, 6.07) is 9.00. The highest BCUT2D eigenvalue weighted by Crippen LogP contribution is 2.33. The molecule has 2 fully saturated rings. The Morgan fingerprint density at radius 1 is 1.15 bits per heavy atom. The predicted molar refractivity (Wildman–Crippen MR) is 80.1 cm³/mol. The van der Waals surface area contributed by atoms with Gasteiger partial charge in [0.25, 0.3) is 0 Å². The number of methoxy groups -OCH3 is 1. The van der Waals surface area contributed by atoms with Crippen molar-refractivity contribution >= 4 is 0 Å². The minimum Gasteiger partial charge on any atom is -0.497 e. The van der Waals surface area contributed by atoms with Crippen molar-refractivity contribution in [1.29, 1.82) is 0 Å². The third-order valence-corrected chi connectivity index (χ3v) is 4.20. The first-order valence-electron chi connectivity index (χ1n) is 7.84. The maximum Gasteiger partial charge on any atom is 0.118 e. The van der Waals surface area contributed by atoms with Gasteiger partial charge in [-0.3, -0.25) is 0 Å². The van der Waals surface area contributed by atoms with Crippen LogP contribution in [0.3, 0.4) is 0 Å². The van der Waals surface area contributed by atoms with Crippen LogP contribution in [0.1, 0.15) is 43.8 Å². The highest BCUT2D eigenvalue weighted by atomic mass is 16.5. The molecule has 0 aliphatic heterocycles. The summed E-state index contributed by atoms with van der Waals surface area (Å²) in [6.07, 6.45) is 6.82. The fourth-order valence-electron chi connectivity index (χ4n) is 2.44. The molecule has 1 aromatic carbocycles. The normalized spacial score (nSPS) is 19.9. The van der Waals surface area contributed by atoms with Crippen LogP contribution in [0, 0.1) is 5.92 Å². The molecule has 3 nitrogen and oxygen atoms in total. The first-order chi connectivity index (χ1) is 9.85. The van der Waals surface area contributed by atoms with E-state index >= 15 is 0 Å². The molecule has 0 heterocycles. The maximum atomic E-state index is 6.13. The molecule has 0 spiro atoms. The molecule has 0 radical (unpaired) electrons. The fraction of sp³-hybridized carbons (Fsp3) is 0.647. The van der Waals surface area contributed by atoms with Crippen molar-refractivity contribution in [3.63, 3.8) is 0 Å².